The number of nitrogens with one attached hydrogen (secondary N) is 6. The van der Waals surface area contributed by atoms with Gasteiger partial charge in [-0.1, -0.05) is 12.8 Å². The molecule has 1 aliphatic heterocycles. The maximum absolute atomic E-state index is 13.8. The van der Waals surface area contributed by atoms with Gasteiger partial charge in [0.25, 0.3) is 5.91 Å². The summed E-state index contributed by atoms with van der Waals surface area (Å²) in [6.07, 6.45) is 10.9. The number of rotatable bonds is 10. The molecule has 0 spiro atoms. The van der Waals surface area contributed by atoms with Gasteiger partial charge in [-0.2, -0.15) is 0 Å². The Morgan fingerprint density at radius 1 is 0.880 bits per heavy atom. The van der Waals surface area contributed by atoms with Gasteiger partial charge < -0.3 is 42.1 Å². The Balaban J connectivity index is 1.52. The Hall–Kier alpha value is -5.61. The number of furan rings is 1. The Morgan fingerprint density at radius 2 is 1.62 bits per heavy atom. The summed E-state index contributed by atoms with van der Waals surface area (Å²) in [4.78, 5) is 98.2. The Labute approximate surface area is 288 Å². The molecule has 0 bridgehead atoms. The fraction of sp³-hybridized carbons (Fsp3) is 0.485. The molecule has 0 radical (unpaired) electrons. The van der Waals surface area contributed by atoms with Gasteiger partial charge in [0.1, 0.15) is 35.6 Å². The molecule has 4 atom stereocenters. The average molecular weight is 694 g/mol. The highest BCUT2D eigenvalue weighted by Crippen LogP contribution is 2.33. The third kappa shape index (κ3) is 12.4. The molecular weight excluding hydrogens is 650 g/mol. The third-order valence-electron chi connectivity index (χ3n) is 8.17. The Morgan fingerprint density at radius 3 is 2.30 bits per heavy atom. The van der Waals surface area contributed by atoms with Crippen molar-refractivity contribution < 1.29 is 38.0 Å². The highest BCUT2D eigenvalue weighted by molar-refractivity contribution is 6.00. The second kappa shape index (κ2) is 18.8. The molecule has 2 aromatic rings. The van der Waals surface area contributed by atoms with Crippen LogP contribution >= 0.6 is 0 Å². The van der Waals surface area contributed by atoms with Gasteiger partial charge in [-0.3, -0.25) is 38.5 Å². The summed E-state index contributed by atoms with van der Waals surface area (Å²) in [6, 6.07) is -1.01. The average Bonchev–Trinajstić information content (AvgIpc) is 3.77. The van der Waals surface area contributed by atoms with Crippen molar-refractivity contribution in [1.29, 1.82) is 0 Å². The van der Waals surface area contributed by atoms with Gasteiger partial charge in [-0.15, -0.1) is 0 Å². The molecule has 1 aliphatic carbocycles. The lowest BCUT2D eigenvalue weighted by Crippen LogP contribution is -2.57. The van der Waals surface area contributed by atoms with E-state index in [1.165, 1.54) is 24.9 Å². The van der Waals surface area contributed by atoms with E-state index in [2.05, 4.69) is 41.9 Å². The van der Waals surface area contributed by atoms with Crippen molar-refractivity contribution in [2.75, 3.05) is 13.1 Å². The van der Waals surface area contributed by atoms with E-state index in [1.807, 2.05) is 0 Å². The van der Waals surface area contributed by atoms with E-state index < -0.39 is 65.5 Å². The maximum atomic E-state index is 13.8. The van der Waals surface area contributed by atoms with Crippen molar-refractivity contribution in [2.24, 2.45) is 11.7 Å². The van der Waals surface area contributed by atoms with Crippen LogP contribution in [0.15, 0.2) is 53.6 Å². The first-order valence-electron chi connectivity index (χ1n) is 16.6. The quantitative estimate of drug-likeness (QED) is 0.148. The zero-order chi connectivity index (χ0) is 35.9. The predicted molar refractivity (Wildman–Crippen MR) is 176 cm³/mol. The molecule has 4 unspecified atom stereocenters. The van der Waals surface area contributed by atoms with Crippen LogP contribution in [0.2, 0.25) is 0 Å². The largest absolute Gasteiger partial charge is 0.469 e. The van der Waals surface area contributed by atoms with Gasteiger partial charge >= 0.3 is 0 Å². The van der Waals surface area contributed by atoms with E-state index in [0.29, 0.717) is 31.4 Å². The number of aromatic nitrogens is 2. The van der Waals surface area contributed by atoms with E-state index in [4.69, 9.17) is 10.2 Å². The molecule has 8 N–H and O–H groups in total. The predicted octanol–water partition coefficient (Wildman–Crippen LogP) is -1.10. The molecule has 4 rings (SSSR count). The van der Waals surface area contributed by atoms with Crippen molar-refractivity contribution in [1.82, 2.24) is 41.9 Å². The van der Waals surface area contributed by atoms with Crippen LogP contribution in [-0.4, -0.2) is 88.6 Å². The smallest absolute Gasteiger partial charge is 0.271 e. The summed E-state index contributed by atoms with van der Waals surface area (Å²) in [5.41, 5.74) is 5.59. The first kappa shape index (κ1) is 37.2. The molecule has 3 heterocycles. The molecule has 1 saturated carbocycles. The number of hydrogen-bond acceptors (Lipinski definition) is 10. The van der Waals surface area contributed by atoms with Gasteiger partial charge in [0, 0.05) is 44.1 Å². The molecule has 7 amide bonds. The maximum Gasteiger partial charge on any atom is 0.271 e. The van der Waals surface area contributed by atoms with E-state index in [9.17, 15) is 33.6 Å². The van der Waals surface area contributed by atoms with Gasteiger partial charge in [0.05, 0.1) is 12.5 Å². The molecule has 2 aromatic heterocycles. The Kier molecular flexibility index (Phi) is 14.0. The second-order valence-corrected chi connectivity index (χ2v) is 12.2. The lowest BCUT2D eigenvalue weighted by molar-refractivity contribution is -0.133. The minimum absolute atomic E-state index is 0.0434. The van der Waals surface area contributed by atoms with Gasteiger partial charge in [0.15, 0.2) is 0 Å². The van der Waals surface area contributed by atoms with Gasteiger partial charge in [-0.25, -0.2) is 4.98 Å². The lowest BCUT2D eigenvalue weighted by atomic mass is 10.1. The SMILES string of the molecule is NC(=O)C1CCCCNC(=O)C(CCCNC(=O)c2cnccn2)NC(=O)C(Cc2ccco2)NC(=O)C(CC2CC2)NC(=O)C=CC(=O)N1. The summed E-state index contributed by atoms with van der Waals surface area (Å²) < 4.78 is 5.44. The fourth-order valence-electron chi connectivity index (χ4n) is 5.27. The number of amides is 7. The summed E-state index contributed by atoms with van der Waals surface area (Å²) in [5.74, 6) is -3.85. The van der Waals surface area contributed by atoms with Crippen molar-refractivity contribution in [2.45, 2.75) is 82.0 Å². The molecule has 50 heavy (non-hydrogen) atoms. The summed E-state index contributed by atoms with van der Waals surface area (Å²) in [5, 5.41) is 16.0. The van der Waals surface area contributed by atoms with Crippen LogP contribution in [0.3, 0.4) is 0 Å². The zero-order valence-corrected chi connectivity index (χ0v) is 27.5. The summed E-state index contributed by atoms with van der Waals surface area (Å²) >= 11 is 0. The standard InChI is InChI=1S/C33H43N9O8/c34-29(45)22-6-1-2-12-37-30(46)23(7-3-13-38-31(47)26-19-35-14-15-36-26)41-33(49)25(18-21-5-4-16-50-21)42-32(48)24(17-20-8-9-20)40-28(44)11-10-27(43)39-22/h4-5,10-11,14-16,19-20,22-25H,1-3,6-9,12-13,17-18H2,(H2,34,45)(H,37,46)(H,38,47)(H,39,43)(H,40,44)(H,41,49)(H,42,48). The van der Waals surface area contributed by atoms with Crippen LogP contribution in [0.4, 0.5) is 0 Å². The fourth-order valence-corrected chi connectivity index (χ4v) is 5.27. The lowest BCUT2D eigenvalue weighted by Gasteiger charge is -2.25. The Bertz CT molecular complexity index is 1530. The molecule has 17 nitrogen and oxygen atoms in total. The van der Waals surface area contributed by atoms with Crippen molar-refractivity contribution in [3.05, 3.63) is 60.6 Å². The van der Waals surface area contributed by atoms with Crippen LogP contribution in [0, 0.1) is 5.92 Å². The highest BCUT2D eigenvalue weighted by Gasteiger charge is 2.34. The van der Waals surface area contributed by atoms with Crippen LogP contribution in [-0.2, 0) is 35.2 Å². The molecular formula is C33H43N9O8. The number of nitrogens with zero attached hydrogens (tertiary/aromatic N) is 2. The minimum atomic E-state index is -1.18. The molecule has 0 aromatic carbocycles. The molecule has 17 heteroatoms. The second-order valence-electron chi connectivity index (χ2n) is 12.2. The van der Waals surface area contributed by atoms with Crippen LogP contribution in [0.5, 0.6) is 0 Å². The topological polar surface area (TPSA) is 257 Å². The van der Waals surface area contributed by atoms with Crippen molar-refractivity contribution >= 4 is 41.4 Å². The number of primary amides is 1. The number of hydrogen-bond donors (Lipinski definition) is 7. The minimum Gasteiger partial charge on any atom is -0.469 e. The van der Waals surface area contributed by atoms with Crippen LogP contribution in [0.25, 0.3) is 0 Å². The van der Waals surface area contributed by atoms with Crippen LogP contribution < -0.4 is 37.6 Å². The van der Waals surface area contributed by atoms with Crippen LogP contribution in [0.1, 0.15) is 67.6 Å². The highest BCUT2D eigenvalue weighted by atomic mass is 16.3. The van der Waals surface area contributed by atoms with Gasteiger partial charge in [0.2, 0.25) is 35.4 Å². The van der Waals surface area contributed by atoms with Crippen molar-refractivity contribution in [3.8, 4) is 0 Å². The zero-order valence-electron chi connectivity index (χ0n) is 27.5. The van der Waals surface area contributed by atoms with Gasteiger partial charge in [-0.05, 0) is 56.6 Å². The first-order valence-corrected chi connectivity index (χ1v) is 16.6. The molecule has 0 saturated heterocycles. The molecule has 268 valence electrons. The van der Waals surface area contributed by atoms with E-state index in [1.54, 1.807) is 12.1 Å². The number of carbonyl (C=O) groups is 7. The monoisotopic (exact) mass is 693 g/mol. The van der Waals surface area contributed by atoms with E-state index in [0.717, 1.165) is 25.0 Å². The third-order valence-corrected chi connectivity index (χ3v) is 8.17. The number of carbonyl (C=O) groups excluding carboxylic acids is 7. The summed E-state index contributed by atoms with van der Waals surface area (Å²) in [7, 11) is 0. The first-order chi connectivity index (χ1) is 24.1. The van der Waals surface area contributed by atoms with E-state index in [-0.39, 0.29) is 44.0 Å². The summed E-state index contributed by atoms with van der Waals surface area (Å²) in [6.45, 7) is 0.350. The van der Waals surface area contributed by atoms with E-state index >= 15 is 0 Å². The molecule has 1 fully saturated rings. The van der Waals surface area contributed by atoms with Crippen molar-refractivity contribution in [3.63, 3.8) is 0 Å². The number of nitrogens with two attached hydrogens (primary N) is 1. The normalized spacial score (nSPS) is 23.0. The molecule has 2 aliphatic rings.